The van der Waals surface area contributed by atoms with Gasteiger partial charge < -0.3 is 10.4 Å². The molecule has 4 heteroatoms. The number of rotatable bonds is 5. The zero-order valence-electron chi connectivity index (χ0n) is 11.9. The van der Waals surface area contributed by atoms with E-state index < -0.39 is 5.97 Å². The van der Waals surface area contributed by atoms with E-state index in [1.54, 1.807) is 6.07 Å². The zero-order chi connectivity index (χ0) is 14.7. The van der Waals surface area contributed by atoms with Crippen LogP contribution >= 0.6 is 11.3 Å². The SMILES string of the molecule is Cc1sc(C(=O)O)cc1CNc1ccccc1C(C)C. The van der Waals surface area contributed by atoms with E-state index in [0.29, 0.717) is 17.3 Å². The van der Waals surface area contributed by atoms with Crippen molar-refractivity contribution in [2.45, 2.75) is 33.2 Å². The molecule has 2 N–H and O–H groups in total. The van der Waals surface area contributed by atoms with Crippen LogP contribution in [0.1, 0.15) is 45.4 Å². The predicted molar refractivity (Wildman–Crippen MR) is 83.9 cm³/mol. The summed E-state index contributed by atoms with van der Waals surface area (Å²) < 4.78 is 0. The molecule has 106 valence electrons. The van der Waals surface area contributed by atoms with E-state index in [2.05, 4.69) is 31.3 Å². The highest BCUT2D eigenvalue weighted by Gasteiger charge is 2.11. The molecule has 0 atom stereocenters. The third kappa shape index (κ3) is 3.20. The Morgan fingerprint density at radius 2 is 2.05 bits per heavy atom. The Hall–Kier alpha value is -1.81. The first-order valence-electron chi connectivity index (χ1n) is 6.64. The molecule has 0 saturated carbocycles. The van der Waals surface area contributed by atoms with Crippen molar-refractivity contribution in [3.8, 4) is 0 Å². The van der Waals surface area contributed by atoms with E-state index in [0.717, 1.165) is 16.1 Å². The summed E-state index contributed by atoms with van der Waals surface area (Å²) in [6, 6.07) is 9.99. The second-order valence-corrected chi connectivity index (χ2v) is 6.35. The first-order valence-corrected chi connectivity index (χ1v) is 7.46. The molecule has 0 amide bonds. The van der Waals surface area contributed by atoms with Gasteiger partial charge in [-0.1, -0.05) is 32.0 Å². The molecule has 3 nitrogen and oxygen atoms in total. The fraction of sp³-hybridized carbons (Fsp3) is 0.312. The molecule has 0 unspecified atom stereocenters. The van der Waals surface area contributed by atoms with Crippen molar-refractivity contribution in [1.29, 1.82) is 0 Å². The van der Waals surface area contributed by atoms with E-state index in [1.165, 1.54) is 16.9 Å². The van der Waals surface area contributed by atoms with Crippen LogP contribution in [0.25, 0.3) is 0 Å². The predicted octanol–water partition coefficient (Wildman–Crippen LogP) is 4.49. The maximum absolute atomic E-state index is 11.0. The molecule has 2 aromatic rings. The Bertz CT molecular complexity index is 617. The Morgan fingerprint density at radius 3 is 2.65 bits per heavy atom. The van der Waals surface area contributed by atoms with Gasteiger partial charge in [0.2, 0.25) is 0 Å². The zero-order valence-corrected chi connectivity index (χ0v) is 12.8. The van der Waals surface area contributed by atoms with Crippen molar-refractivity contribution >= 4 is 23.0 Å². The quantitative estimate of drug-likeness (QED) is 0.852. The van der Waals surface area contributed by atoms with Crippen molar-refractivity contribution in [1.82, 2.24) is 0 Å². The number of anilines is 1. The van der Waals surface area contributed by atoms with Gasteiger partial charge in [0, 0.05) is 17.1 Å². The van der Waals surface area contributed by atoms with E-state index in [9.17, 15) is 4.79 Å². The summed E-state index contributed by atoms with van der Waals surface area (Å²) >= 11 is 1.33. The first kappa shape index (κ1) is 14.6. The molecule has 1 heterocycles. The lowest BCUT2D eigenvalue weighted by molar-refractivity contribution is 0.0702. The second kappa shape index (κ2) is 6.09. The van der Waals surface area contributed by atoms with Crippen LogP contribution in [0, 0.1) is 6.92 Å². The number of aryl methyl sites for hydroxylation is 1. The average Bonchev–Trinajstić information content (AvgIpc) is 2.78. The molecule has 0 spiro atoms. The summed E-state index contributed by atoms with van der Waals surface area (Å²) in [7, 11) is 0. The van der Waals surface area contributed by atoms with E-state index in [-0.39, 0.29) is 0 Å². The van der Waals surface area contributed by atoms with Crippen LogP contribution in [0.3, 0.4) is 0 Å². The molecular formula is C16H19NO2S. The smallest absolute Gasteiger partial charge is 0.345 e. The minimum absolute atomic E-state index is 0.399. The molecule has 1 aromatic heterocycles. The van der Waals surface area contributed by atoms with Crippen LogP contribution in [-0.4, -0.2) is 11.1 Å². The number of para-hydroxylation sites is 1. The number of nitrogens with one attached hydrogen (secondary N) is 1. The summed E-state index contributed by atoms with van der Waals surface area (Å²) in [6.45, 7) is 6.94. The van der Waals surface area contributed by atoms with Crippen molar-refractivity contribution in [2.75, 3.05) is 5.32 Å². The number of hydrogen-bond acceptors (Lipinski definition) is 3. The molecule has 2 rings (SSSR count). The molecule has 0 saturated heterocycles. The van der Waals surface area contributed by atoms with Gasteiger partial charge in [-0.2, -0.15) is 0 Å². The minimum Gasteiger partial charge on any atom is -0.477 e. The molecular weight excluding hydrogens is 270 g/mol. The molecule has 0 bridgehead atoms. The van der Waals surface area contributed by atoms with Gasteiger partial charge in [0.05, 0.1) is 0 Å². The van der Waals surface area contributed by atoms with Crippen molar-refractivity contribution in [2.24, 2.45) is 0 Å². The summed E-state index contributed by atoms with van der Waals surface area (Å²) in [4.78, 5) is 12.4. The highest BCUT2D eigenvalue weighted by molar-refractivity contribution is 7.14. The topological polar surface area (TPSA) is 49.3 Å². The van der Waals surface area contributed by atoms with Crippen LogP contribution < -0.4 is 5.32 Å². The van der Waals surface area contributed by atoms with Crippen molar-refractivity contribution in [3.05, 3.63) is 51.2 Å². The standard InChI is InChI=1S/C16H19NO2S/c1-10(2)13-6-4-5-7-14(13)17-9-12-8-15(16(18)19)20-11(12)3/h4-8,10,17H,9H2,1-3H3,(H,18,19). The van der Waals surface area contributed by atoms with Crippen LogP contribution in [0.2, 0.25) is 0 Å². The second-order valence-electron chi connectivity index (χ2n) is 5.09. The molecule has 0 aliphatic rings. The van der Waals surface area contributed by atoms with E-state index >= 15 is 0 Å². The van der Waals surface area contributed by atoms with E-state index in [1.807, 2.05) is 19.1 Å². The molecule has 20 heavy (non-hydrogen) atoms. The summed E-state index contributed by atoms with van der Waals surface area (Å²) in [5.74, 6) is -0.399. The fourth-order valence-corrected chi connectivity index (χ4v) is 3.03. The van der Waals surface area contributed by atoms with Gasteiger partial charge in [-0.15, -0.1) is 11.3 Å². The largest absolute Gasteiger partial charge is 0.477 e. The summed E-state index contributed by atoms with van der Waals surface area (Å²) in [5.41, 5.74) is 3.44. The third-order valence-corrected chi connectivity index (χ3v) is 4.36. The van der Waals surface area contributed by atoms with Crippen molar-refractivity contribution < 1.29 is 9.90 Å². The van der Waals surface area contributed by atoms with Crippen LogP contribution in [-0.2, 0) is 6.54 Å². The fourth-order valence-electron chi connectivity index (χ4n) is 2.15. The monoisotopic (exact) mass is 289 g/mol. The average molecular weight is 289 g/mol. The maximum Gasteiger partial charge on any atom is 0.345 e. The molecule has 1 aromatic carbocycles. The lowest BCUT2D eigenvalue weighted by Gasteiger charge is -2.14. The highest BCUT2D eigenvalue weighted by atomic mass is 32.1. The Balaban J connectivity index is 2.15. The van der Waals surface area contributed by atoms with Crippen LogP contribution in [0.15, 0.2) is 30.3 Å². The summed E-state index contributed by atoms with van der Waals surface area (Å²) in [6.07, 6.45) is 0. The van der Waals surface area contributed by atoms with Gasteiger partial charge in [-0.05, 0) is 36.1 Å². The van der Waals surface area contributed by atoms with Gasteiger partial charge in [-0.25, -0.2) is 4.79 Å². The minimum atomic E-state index is -0.855. The number of carboxylic acids is 1. The van der Waals surface area contributed by atoms with Gasteiger partial charge in [0.15, 0.2) is 0 Å². The Morgan fingerprint density at radius 1 is 1.35 bits per heavy atom. The first-order chi connectivity index (χ1) is 9.49. The molecule has 0 radical (unpaired) electrons. The van der Waals surface area contributed by atoms with Gasteiger partial charge in [0.1, 0.15) is 4.88 Å². The van der Waals surface area contributed by atoms with Crippen LogP contribution in [0.4, 0.5) is 5.69 Å². The number of thiophene rings is 1. The van der Waals surface area contributed by atoms with Gasteiger partial charge >= 0.3 is 5.97 Å². The number of aromatic carboxylic acids is 1. The normalized spacial score (nSPS) is 10.8. The lowest BCUT2D eigenvalue weighted by Crippen LogP contribution is -2.03. The number of hydrogen-bond donors (Lipinski definition) is 2. The number of carbonyl (C=O) groups is 1. The van der Waals surface area contributed by atoms with Gasteiger partial charge in [0.25, 0.3) is 0 Å². The molecule has 0 aliphatic heterocycles. The maximum atomic E-state index is 11.0. The Kier molecular flexibility index (Phi) is 4.45. The van der Waals surface area contributed by atoms with Crippen LogP contribution in [0.5, 0.6) is 0 Å². The molecule has 0 fully saturated rings. The number of carboxylic acid groups (broad SMARTS) is 1. The molecule has 0 aliphatic carbocycles. The van der Waals surface area contributed by atoms with E-state index in [4.69, 9.17) is 5.11 Å². The number of benzene rings is 1. The van der Waals surface area contributed by atoms with Gasteiger partial charge in [-0.3, -0.25) is 0 Å². The highest BCUT2D eigenvalue weighted by Crippen LogP contribution is 2.26. The van der Waals surface area contributed by atoms with Crippen molar-refractivity contribution in [3.63, 3.8) is 0 Å². The third-order valence-electron chi connectivity index (χ3n) is 3.28. The lowest BCUT2D eigenvalue weighted by atomic mass is 10.0. The Labute approximate surface area is 123 Å². The summed E-state index contributed by atoms with van der Waals surface area (Å²) in [5, 5.41) is 12.4.